The maximum atomic E-state index is 12.5. The third-order valence-corrected chi connectivity index (χ3v) is 5.47. The lowest BCUT2D eigenvalue weighted by Gasteiger charge is -2.35. The molecular formula is C20H26N2O7. The van der Waals surface area contributed by atoms with Crippen molar-refractivity contribution >= 4 is 23.5 Å². The van der Waals surface area contributed by atoms with Crippen molar-refractivity contribution in [2.75, 3.05) is 7.11 Å². The Morgan fingerprint density at radius 3 is 2.34 bits per heavy atom. The summed E-state index contributed by atoms with van der Waals surface area (Å²) in [5.74, 6) is -1.38. The Morgan fingerprint density at radius 1 is 1.14 bits per heavy atom. The fourth-order valence-corrected chi connectivity index (χ4v) is 3.44. The summed E-state index contributed by atoms with van der Waals surface area (Å²) in [4.78, 5) is 47.0. The van der Waals surface area contributed by atoms with Gasteiger partial charge in [-0.05, 0) is 31.2 Å². The van der Waals surface area contributed by atoms with Gasteiger partial charge in [-0.1, -0.05) is 26.7 Å². The molecule has 0 unspecified atom stereocenters. The molecule has 1 amide bonds. The number of nitro benzene ring substituents is 1. The number of methoxy groups -OCH3 is 1. The molecule has 0 spiro atoms. The number of carbonyl (C=O) groups excluding carboxylic acids is 3. The summed E-state index contributed by atoms with van der Waals surface area (Å²) in [6.45, 7) is 5.67. The molecule has 9 nitrogen and oxygen atoms in total. The third kappa shape index (κ3) is 5.52. The highest BCUT2D eigenvalue weighted by molar-refractivity contribution is 5.97. The largest absolute Gasteiger partial charge is 0.465 e. The predicted octanol–water partition coefficient (Wildman–Crippen LogP) is 2.87. The Bertz CT molecular complexity index is 808. The number of hydrogen-bond donors (Lipinski definition) is 1. The Kier molecular flexibility index (Phi) is 7.30. The van der Waals surface area contributed by atoms with Crippen molar-refractivity contribution in [1.82, 2.24) is 5.32 Å². The maximum Gasteiger partial charge on any atom is 0.339 e. The first-order valence-corrected chi connectivity index (χ1v) is 9.53. The maximum absolute atomic E-state index is 12.5. The van der Waals surface area contributed by atoms with Crippen LogP contribution in [0, 0.1) is 22.0 Å². The number of amides is 1. The highest BCUT2D eigenvalue weighted by Gasteiger charge is 2.30. The van der Waals surface area contributed by atoms with Gasteiger partial charge in [-0.3, -0.25) is 14.9 Å². The lowest BCUT2D eigenvalue weighted by atomic mass is 9.78. The molecule has 1 aliphatic carbocycles. The fraction of sp³-hybridized carbons (Fsp3) is 0.550. The van der Waals surface area contributed by atoms with Crippen LogP contribution in [0.4, 0.5) is 5.69 Å². The standard InChI is InChI=1S/C20H26N2O7/c1-11-6-5-7-17(12(11)2)21-18(23)13(3)29-20(25)15-8-14(19(24)28-4)9-16(10-15)22(26)27/h8-13,17H,5-7H2,1-4H3,(H,21,23)/t11-,12+,13+,17-/m1/s1. The first-order chi connectivity index (χ1) is 13.6. The van der Waals surface area contributed by atoms with Gasteiger partial charge in [-0.15, -0.1) is 0 Å². The highest BCUT2D eigenvalue weighted by Crippen LogP contribution is 2.29. The van der Waals surface area contributed by atoms with Crippen LogP contribution in [-0.2, 0) is 14.3 Å². The van der Waals surface area contributed by atoms with Gasteiger partial charge >= 0.3 is 11.9 Å². The van der Waals surface area contributed by atoms with Crippen molar-refractivity contribution in [3.63, 3.8) is 0 Å². The van der Waals surface area contributed by atoms with E-state index in [1.807, 2.05) is 0 Å². The Hall–Kier alpha value is -2.97. The van der Waals surface area contributed by atoms with Crippen LogP contribution in [0.1, 0.15) is 60.7 Å². The molecule has 1 aromatic carbocycles. The zero-order valence-corrected chi connectivity index (χ0v) is 17.0. The van der Waals surface area contributed by atoms with Crippen molar-refractivity contribution in [1.29, 1.82) is 0 Å². The van der Waals surface area contributed by atoms with E-state index in [0.29, 0.717) is 11.8 Å². The second kappa shape index (κ2) is 9.49. The minimum atomic E-state index is -1.09. The SMILES string of the molecule is COC(=O)c1cc(C(=O)O[C@@H](C)C(=O)N[C@@H]2CCC[C@@H](C)[C@@H]2C)cc([N+](=O)[O-])c1. The van der Waals surface area contributed by atoms with Crippen LogP contribution in [0.5, 0.6) is 0 Å². The summed E-state index contributed by atoms with van der Waals surface area (Å²) in [7, 11) is 1.12. The number of ether oxygens (including phenoxy) is 2. The van der Waals surface area contributed by atoms with E-state index in [0.717, 1.165) is 44.6 Å². The van der Waals surface area contributed by atoms with Gasteiger partial charge in [0.2, 0.25) is 0 Å². The molecule has 0 radical (unpaired) electrons. The van der Waals surface area contributed by atoms with Crippen LogP contribution >= 0.6 is 0 Å². The van der Waals surface area contributed by atoms with Crippen molar-refractivity contribution in [2.24, 2.45) is 11.8 Å². The second-order valence-electron chi connectivity index (χ2n) is 7.45. The van der Waals surface area contributed by atoms with Gasteiger partial charge in [-0.2, -0.15) is 0 Å². The summed E-state index contributed by atoms with van der Waals surface area (Å²) < 4.78 is 9.73. The smallest absolute Gasteiger partial charge is 0.339 e. The molecule has 2 rings (SSSR count). The van der Waals surface area contributed by atoms with Crippen LogP contribution in [0.2, 0.25) is 0 Å². The van der Waals surface area contributed by atoms with Crippen LogP contribution in [-0.4, -0.2) is 42.0 Å². The number of benzene rings is 1. The molecule has 1 fully saturated rings. The first kappa shape index (κ1) is 22.3. The van der Waals surface area contributed by atoms with Gasteiger partial charge in [0.15, 0.2) is 6.10 Å². The summed E-state index contributed by atoms with van der Waals surface area (Å²) >= 11 is 0. The number of nitrogens with one attached hydrogen (secondary N) is 1. The summed E-state index contributed by atoms with van der Waals surface area (Å²) in [5, 5.41) is 14.0. The number of nitro groups is 1. The lowest BCUT2D eigenvalue weighted by molar-refractivity contribution is -0.384. The van der Waals surface area contributed by atoms with Crippen LogP contribution in [0.3, 0.4) is 0 Å². The van der Waals surface area contributed by atoms with Crippen LogP contribution in [0.15, 0.2) is 18.2 Å². The van der Waals surface area contributed by atoms with Crippen LogP contribution in [0.25, 0.3) is 0 Å². The van der Waals surface area contributed by atoms with E-state index in [2.05, 4.69) is 23.9 Å². The van der Waals surface area contributed by atoms with Crippen molar-refractivity contribution < 1.29 is 28.8 Å². The number of nitrogens with zero attached hydrogens (tertiary/aromatic N) is 1. The number of non-ortho nitro benzene ring substituents is 1. The molecule has 29 heavy (non-hydrogen) atoms. The molecule has 4 atom stereocenters. The Labute approximate surface area is 168 Å². The van der Waals surface area contributed by atoms with E-state index < -0.39 is 34.6 Å². The number of esters is 2. The number of rotatable bonds is 6. The zero-order valence-electron chi connectivity index (χ0n) is 17.0. The molecular weight excluding hydrogens is 380 g/mol. The quantitative estimate of drug-likeness (QED) is 0.437. The molecule has 0 saturated heterocycles. The average molecular weight is 406 g/mol. The molecule has 0 aliphatic heterocycles. The zero-order chi connectivity index (χ0) is 21.7. The average Bonchev–Trinajstić information content (AvgIpc) is 2.70. The van der Waals surface area contributed by atoms with Gasteiger partial charge in [0.25, 0.3) is 11.6 Å². The monoisotopic (exact) mass is 406 g/mol. The highest BCUT2D eigenvalue weighted by atomic mass is 16.6. The predicted molar refractivity (Wildman–Crippen MR) is 103 cm³/mol. The van der Waals surface area contributed by atoms with Gasteiger partial charge in [0, 0.05) is 18.2 Å². The fourth-order valence-electron chi connectivity index (χ4n) is 3.44. The second-order valence-corrected chi connectivity index (χ2v) is 7.45. The van der Waals surface area contributed by atoms with Crippen LogP contribution < -0.4 is 5.32 Å². The van der Waals surface area contributed by atoms with Crippen molar-refractivity contribution in [3.8, 4) is 0 Å². The molecule has 0 bridgehead atoms. The van der Waals surface area contributed by atoms with Gasteiger partial charge in [0.05, 0.1) is 23.2 Å². The minimum absolute atomic E-state index is 0.0103. The van der Waals surface area contributed by atoms with Gasteiger partial charge < -0.3 is 14.8 Å². The molecule has 0 aromatic heterocycles. The van der Waals surface area contributed by atoms with E-state index in [-0.39, 0.29) is 17.2 Å². The topological polar surface area (TPSA) is 125 Å². The molecule has 1 saturated carbocycles. The number of hydrogen-bond acceptors (Lipinski definition) is 7. The summed E-state index contributed by atoms with van der Waals surface area (Å²) in [5.41, 5.74) is -0.823. The summed E-state index contributed by atoms with van der Waals surface area (Å²) in [6, 6.07) is 3.14. The van der Waals surface area contributed by atoms with E-state index >= 15 is 0 Å². The van der Waals surface area contributed by atoms with Crippen molar-refractivity contribution in [3.05, 3.63) is 39.4 Å². The van der Waals surface area contributed by atoms with E-state index in [1.54, 1.807) is 0 Å². The lowest BCUT2D eigenvalue weighted by Crippen LogP contribution is -2.47. The van der Waals surface area contributed by atoms with Gasteiger partial charge in [-0.25, -0.2) is 9.59 Å². The molecule has 1 aromatic rings. The van der Waals surface area contributed by atoms with Crippen molar-refractivity contribution in [2.45, 2.75) is 52.2 Å². The molecule has 1 N–H and O–H groups in total. The Morgan fingerprint density at radius 2 is 1.76 bits per heavy atom. The molecule has 9 heteroatoms. The van der Waals surface area contributed by atoms with E-state index in [1.165, 1.54) is 6.92 Å². The molecule has 0 heterocycles. The summed E-state index contributed by atoms with van der Waals surface area (Å²) in [6.07, 6.45) is 1.92. The minimum Gasteiger partial charge on any atom is -0.465 e. The van der Waals surface area contributed by atoms with E-state index in [4.69, 9.17) is 4.74 Å². The molecule has 1 aliphatic rings. The van der Waals surface area contributed by atoms with E-state index in [9.17, 15) is 24.5 Å². The third-order valence-electron chi connectivity index (χ3n) is 5.47. The first-order valence-electron chi connectivity index (χ1n) is 9.53. The normalized spacial score (nSPS) is 22.3. The Balaban J connectivity index is 2.10. The van der Waals surface area contributed by atoms with Gasteiger partial charge in [0.1, 0.15) is 0 Å². The molecule has 158 valence electrons. The number of carbonyl (C=O) groups is 3.